The van der Waals surface area contributed by atoms with Gasteiger partial charge in [-0.3, -0.25) is 9.59 Å². The lowest BCUT2D eigenvalue weighted by Gasteiger charge is -2.06. The first kappa shape index (κ1) is 14.7. The van der Waals surface area contributed by atoms with E-state index in [9.17, 15) is 14.4 Å². The van der Waals surface area contributed by atoms with E-state index < -0.39 is 17.8 Å². The number of aryl methyl sites for hydroxylation is 1. The number of anilines is 1. The summed E-state index contributed by atoms with van der Waals surface area (Å²) in [7, 11) is 0. The predicted molar refractivity (Wildman–Crippen MR) is 78.9 cm³/mol. The Bertz CT molecular complexity index is 719. The van der Waals surface area contributed by atoms with Gasteiger partial charge in [-0.05, 0) is 42.1 Å². The molecule has 21 heavy (non-hydrogen) atoms. The van der Waals surface area contributed by atoms with Crippen molar-refractivity contribution in [1.29, 1.82) is 0 Å². The third kappa shape index (κ3) is 3.09. The molecule has 2 amide bonds. The normalized spacial score (nSPS) is 10.1. The molecule has 0 unspecified atom stereocenters. The zero-order chi connectivity index (χ0) is 15.6. The molecule has 0 aliphatic heterocycles. The van der Waals surface area contributed by atoms with Crippen LogP contribution in [0.1, 0.15) is 36.0 Å². The lowest BCUT2D eigenvalue weighted by molar-refractivity contribution is 0.0703. The number of benzene rings is 1. The predicted octanol–water partition coefficient (Wildman–Crippen LogP) is 2.11. The van der Waals surface area contributed by atoms with Gasteiger partial charge in [-0.2, -0.15) is 0 Å². The van der Waals surface area contributed by atoms with Crippen LogP contribution in [0.5, 0.6) is 0 Å². The Kier molecular flexibility index (Phi) is 4.04. The van der Waals surface area contributed by atoms with Crippen LogP contribution in [-0.2, 0) is 0 Å². The summed E-state index contributed by atoms with van der Waals surface area (Å²) in [4.78, 5) is 34.2. The third-order valence-electron chi connectivity index (χ3n) is 2.84. The van der Waals surface area contributed by atoms with Gasteiger partial charge in [0, 0.05) is 11.1 Å². The number of nitrogens with two attached hydrogens (primary N) is 1. The van der Waals surface area contributed by atoms with Crippen LogP contribution in [0.2, 0.25) is 0 Å². The van der Waals surface area contributed by atoms with Gasteiger partial charge in [0.2, 0.25) is 5.91 Å². The molecule has 0 aliphatic carbocycles. The third-order valence-corrected chi connectivity index (χ3v) is 3.93. The maximum Gasteiger partial charge on any atom is 0.348 e. The highest BCUT2D eigenvalue weighted by Crippen LogP contribution is 2.28. The zero-order valence-corrected chi connectivity index (χ0v) is 11.9. The molecule has 2 aromatic rings. The second-order valence-corrected chi connectivity index (χ2v) is 5.20. The lowest BCUT2D eigenvalue weighted by atomic mass is 10.1. The van der Waals surface area contributed by atoms with Gasteiger partial charge in [0.1, 0.15) is 4.88 Å². The van der Waals surface area contributed by atoms with Gasteiger partial charge < -0.3 is 16.2 Å². The minimum absolute atomic E-state index is 0.0783. The molecule has 7 heteroatoms. The highest BCUT2D eigenvalue weighted by atomic mass is 32.1. The quantitative estimate of drug-likeness (QED) is 0.803. The average molecular weight is 304 g/mol. The van der Waals surface area contributed by atoms with E-state index in [4.69, 9.17) is 10.8 Å². The number of amides is 2. The highest BCUT2D eigenvalue weighted by molar-refractivity contribution is 7.12. The molecule has 4 N–H and O–H groups in total. The summed E-state index contributed by atoms with van der Waals surface area (Å²) in [5, 5.41) is 13.3. The van der Waals surface area contributed by atoms with E-state index in [1.54, 1.807) is 12.3 Å². The van der Waals surface area contributed by atoms with Crippen LogP contribution in [0.4, 0.5) is 5.69 Å². The molecule has 0 bridgehead atoms. The number of carbonyl (C=O) groups excluding carboxylic acids is 2. The topological polar surface area (TPSA) is 109 Å². The molecule has 0 saturated heterocycles. The van der Waals surface area contributed by atoms with E-state index in [0.29, 0.717) is 16.7 Å². The number of carbonyl (C=O) groups is 3. The van der Waals surface area contributed by atoms with E-state index in [0.717, 1.165) is 11.3 Å². The summed E-state index contributed by atoms with van der Waals surface area (Å²) < 4.78 is 0. The van der Waals surface area contributed by atoms with E-state index >= 15 is 0 Å². The van der Waals surface area contributed by atoms with Gasteiger partial charge in [-0.1, -0.05) is 0 Å². The minimum atomic E-state index is -1.09. The molecule has 1 aromatic heterocycles. The number of rotatable bonds is 4. The Morgan fingerprint density at radius 2 is 1.71 bits per heavy atom. The summed E-state index contributed by atoms with van der Waals surface area (Å²) in [5.41, 5.74) is 6.69. The average Bonchev–Trinajstić information content (AvgIpc) is 2.80. The van der Waals surface area contributed by atoms with Crippen molar-refractivity contribution in [3.63, 3.8) is 0 Å². The van der Waals surface area contributed by atoms with Crippen molar-refractivity contribution in [3.05, 3.63) is 51.2 Å². The second-order valence-electron chi connectivity index (χ2n) is 4.32. The monoisotopic (exact) mass is 304 g/mol. The fourth-order valence-corrected chi connectivity index (χ4v) is 2.57. The molecule has 6 nitrogen and oxygen atoms in total. The molecule has 1 aromatic carbocycles. The number of hydrogen-bond acceptors (Lipinski definition) is 4. The fraction of sp³-hybridized carbons (Fsp3) is 0.0714. The molecule has 0 saturated carbocycles. The lowest BCUT2D eigenvalue weighted by Crippen LogP contribution is -2.15. The Hall–Kier alpha value is -2.67. The Morgan fingerprint density at radius 1 is 1.14 bits per heavy atom. The van der Waals surface area contributed by atoms with Crippen LogP contribution in [0, 0.1) is 6.92 Å². The first-order valence-electron chi connectivity index (χ1n) is 5.92. The molecule has 108 valence electrons. The number of thiophene rings is 1. The SMILES string of the molecule is Cc1csc(C(=O)O)c1NC(=O)c1ccc(C(N)=O)cc1. The summed E-state index contributed by atoms with van der Waals surface area (Å²) in [5.74, 6) is -2.12. The van der Waals surface area contributed by atoms with Gasteiger partial charge in [0.15, 0.2) is 0 Å². The van der Waals surface area contributed by atoms with Crippen LogP contribution >= 0.6 is 11.3 Å². The first-order chi connectivity index (χ1) is 9.90. The number of hydrogen-bond donors (Lipinski definition) is 3. The summed E-state index contributed by atoms with van der Waals surface area (Å²) >= 11 is 1.05. The summed E-state index contributed by atoms with van der Waals surface area (Å²) in [6.07, 6.45) is 0. The van der Waals surface area contributed by atoms with Crippen LogP contribution in [0.3, 0.4) is 0 Å². The molecular formula is C14H12N2O4S. The van der Waals surface area contributed by atoms with Gasteiger partial charge >= 0.3 is 5.97 Å². The van der Waals surface area contributed by atoms with Crippen molar-refractivity contribution in [1.82, 2.24) is 0 Å². The number of carboxylic acid groups (broad SMARTS) is 1. The van der Waals surface area contributed by atoms with Crippen molar-refractivity contribution in [2.45, 2.75) is 6.92 Å². The molecule has 0 spiro atoms. The highest BCUT2D eigenvalue weighted by Gasteiger charge is 2.18. The number of nitrogens with one attached hydrogen (secondary N) is 1. The molecule has 0 aliphatic rings. The molecule has 0 fully saturated rings. The van der Waals surface area contributed by atoms with Gasteiger partial charge in [-0.15, -0.1) is 11.3 Å². The largest absolute Gasteiger partial charge is 0.477 e. The number of primary amides is 1. The first-order valence-corrected chi connectivity index (χ1v) is 6.80. The Labute approximate surface area is 124 Å². The zero-order valence-electron chi connectivity index (χ0n) is 11.0. The van der Waals surface area contributed by atoms with E-state index in [1.807, 2.05) is 0 Å². The smallest absolute Gasteiger partial charge is 0.348 e. The van der Waals surface area contributed by atoms with Gasteiger partial charge in [-0.25, -0.2) is 4.79 Å². The Balaban J connectivity index is 2.24. The second kappa shape index (κ2) is 5.76. The van der Waals surface area contributed by atoms with E-state index in [2.05, 4.69) is 5.32 Å². The van der Waals surface area contributed by atoms with Crippen molar-refractivity contribution < 1.29 is 19.5 Å². The standard InChI is InChI=1S/C14H12N2O4S/c1-7-6-21-11(14(19)20)10(7)16-13(18)9-4-2-8(3-5-9)12(15)17/h2-6H,1H3,(H2,15,17)(H,16,18)(H,19,20). The van der Waals surface area contributed by atoms with E-state index in [1.165, 1.54) is 24.3 Å². The van der Waals surface area contributed by atoms with Crippen LogP contribution in [0.15, 0.2) is 29.6 Å². The Morgan fingerprint density at radius 3 is 2.24 bits per heavy atom. The van der Waals surface area contributed by atoms with E-state index in [-0.39, 0.29) is 10.6 Å². The maximum absolute atomic E-state index is 12.1. The fourth-order valence-electron chi connectivity index (χ4n) is 1.73. The van der Waals surface area contributed by atoms with Crippen LogP contribution in [-0.4, -0.2) is 22.9 Å². The molecule has 2 rings (SSSR count). The van der Waals surface area contributed by atoms with Gasteiger partial charge in [0.25, 0.3) is 5.91 Å². The molecule has 1 heterocycles. The maximum atomic E-state index is 12.1. The minimum Gasteiger partial charge on any atom is -0.477 e. The summed E-state index contributed by atoms with van der Waals surface area (Å²) in [6, 6.07) is 5.79. The molecular weight excluding hydrogens is 292 g/mol. The van der Waals surface area contributed by atoms with Crippen molar-refractivity contribution >= 4 is 34.8 Å². The van der Waals surface area contributed by atoms with Crippen molar-refractivity contribution in [3.8, 4) is 0 Å². The van der Waals surface area contributed by atoms with Crippen molar-refractivity contribution in [2.75, 3.05) is 5.32 Å². The van der Waals surface area contributed by atoms with Crippen LogP contribution < -0.4 is 11.1 Å². The number of carboxylic acids is 1. The molecule has 0 radical (unpaired) electrons. The summed E-state index contributed by atoms with van der Waals surface area (Å²) in [6.45, 7) is 1.72. The van der Waals surface area contributed by atoms with Crippen molar-refractivity contribution in [2.24, 2.45) is 5.73 Å². The number of aromatic carboxylic acids is 1. The van der Waals surface area contributed by atoms with Gasteiger partial charge in [0.05, 0.1) is 5.69 Å². The molecule has 0 atom stereocenters. The van der Waals surface area contributed by atoms with Crippen LogP contribution in [0.25, 0.3) is 0 Å².